The molecule has 0 aromatic heterocycles. The number of ether oxygens (including phenoxy) is 1. The predicted octanol–water partition coefficient (Wildman–Crippen LogP) is 1.09. The molecule has 3 amide bonds. The second-order valence-electron chi connectivity index (χ2n) is 5.20. The van der Waals surface area contributed by atoms with E-state index in [9.17, 15) is 14.7 Å². The summed E-state index contributed by atoms with van der Waals surface area (Å²) in [5.41, 5.74) is 1.05. The molecule has 2 rings (SSSR count). The summed E-state index contributed by atoms with van der Waals surface area (Å²) in [7, 11) is 4.54. The number of benzene rings is 1. The first kappa shape index (κ1) is 15.3. The highest BCUT2D eigenvalue weighted by Crippen LogP contribution is 2.24. The fraction of sp³-hybridized carbons (Fsp3) is 0.467. The number of carbonyl (C=O) groups is 2. The molecule has 21 heavy (non-hydrogen) atoms. The van der Waals surface area contributed by atoms with E-state index in [1.54, 1.807) is 7.11 Å². The molecule has 1 saturated heterocycles. The first-order valence-corrected chi connectivity index (χ1v) is 6.81. The van der Waals surface area contributed by atoms with Crippen LogP contribution in [0.1, 0.15) is 12.0 Å². The Bertz CT molecular complexity index is 529. The minimum Gasteiger partial charge on any atom is -0.497 e. The predicted molar refractivity (Wildman–Crippen MR) is 76.7 cm³/mol. The fourth-order valence-electron chi connectivity index (χ4n) is 2.48. The van der Waals surface area contributed by atoms with E-state index < -0.39 is 18.2 Å². The number of aliphatic hydroxyl groups excluding tert-OH is 1. The van der Waals surface area contributed by atoms with Crippen molar-refractivity contribution < 1.29 is 19.4 Å². The van der Waals surface area contributed by atoms with E-state index in [1.807, 2.05) is 24.3 Å². The van der Waals surface area contributed by atoms with E-state index in [4.69, 9.17) is 4.74 Å². The van der Waals surface area contributed by atoms with Gasteiger partial charge in [-0.3, -0.25) is 9.69 Å². The third kappa shape index (κ3) is 3.00. The van der Waals surface area contributed by atoms with Crippen LogP contribution in [0.5, 0.6) is 5.75 Å². The average Bonchev–Trinajstić information content (AvgIpc) is 2.51. The molecule has 1 heterocycles. The summed E-state index contributed by atoms with van der Waals surface area (Å²) < 4.78 is 5.09. The van der Waals surface area contributed by atoms with E-state index in [0.717, 1.165) is 16.2 Å². The zero-order valence-electron chi connectivity index (χ0n) is 12.4. The third-order valence-corrected chi connectivity index (χ3v) is 3.90. The first-order chi connectivity index (χ1) is 9.95. The van der Waals surface area contributed by atoms with Gasteiger partial charge in [0.25, 0.3) is 0 Å². The quantitative estimate of drug-likeness (QED) is 0.901. The molecule has 114 valence electrons. The molecular weight excluding hydrogens is 272 g/mol. The summed E-state index contributed by atoms with van der Waals surface area (Å²) in [5.74, 6) is -0.156. The Morgan fingerprint density at radius 2 is 1.81 bits per heavy atom. The van der Waals surface area contributed by atoms with Gasteiger partial charge in [-0.2, -0.15) is 0 Å². The number of imide groups is 1. The average molecular weight is 292 g/mol. The Balaban J connectivity index is 2.03. The summed E-state index contributed by atoms with van der Waals surface area (Å²) in [6.45, 7) is 0. The molecule has 2 unspecified atom stereocenters. The highest BCUT2D eigenvalue weighted by atomic mass is 16.5. The lowest BCUT2D eigenvalue weighted by Gasteiger charge is -2.38. The molecule has 6 nitrogen and oxygen atoms in total. The van der Waals surface area contributed by atoms with Gasteiger partial charge in [-0.15, -0.1) is 0 Å². The van der Waals surface area contributed by atoms with Crippen LogP contribution >= 0.6 is 0 Å². The highest BCUT2D eigenvalue weighted by molar-refractivity contribution is 5.97. The molecule has 0 aliphatic carbocycles. The van der Waals surface area contributed by atoms with E-state index in [-0.39, 0.29) is 5.91 Å². The van der Waals surface area contributed by atoms with Gasteiger partial charge in [-0.05, 0) is 30.5 Å². The zero-order valence-corrected chi connectivity index (χ0v) is 12.4. The molecule has 1 fully saturated rings. The number of nitrogens with zero attached hydrogens (tertiary/aromatic N) is 2. The van der Waals surface area contributed by atoms with Gasteiger partial charge in [-0.1, -0.05) is 12.1 Å². The monoisotopic (exact) mass is 292 g/mol. The summed E-state index contributed by atoms with van der Waals surface area (Å²) >= 11 is 0. The molecule has 0 saturated carbocycles. The van der Waals surface area contributed by atoms with E-state index >= 15 is 0 Å². The molecule has 1 aliphatic heterocycles. The van der Waals surface area contributed by atoms with Crippen molar-refractivity contribution in [3.05, 3.63) is 29.8 Å². The summed E-state index contributed by atoms with van der Waals surface area (Å²) in [4.78, 5) is 26.1. The number of aliphatic hydroxyl groups is 1. The van der Waals surface area contributed by atoms with Crippen molar-refractivity contribution >= 4 is 11.9 Å². The van der Waals surface area contributed by atoms with E-state index in [2.05, 4.69) is 0 Å². The van der Waals surface area contributed by atoms with E-state index in [0.29, 0.717) is 12.8 Å². The number of urea groups is 1. The SMILES string of the molecule is COc1ccc(CCC2C(=O)N(C)C(=O)N(C)C2O)cc1. The summed E-state index contributed by atoms with van der Waals surface area (Å²) in [6.07, 6.45) is 0.0567. The van der Waals surface area contributed by atoms with Crippen LogP contribution in [0.2, 0.25) is 0 Å². The van der Waals surface area contributed by atoms with Crippen molar-refractivity contribution in [1.29, 1.82) is 0 Å². The molecule has 0 spiro atoms. The van der Waals surface area contributed by atoms with Crippen molar-refractivity contribution in [1.82, 2.24) is 9.80 Å². The molecule has 1 aromatic carbocycles. The Hall–Kier alpha value is -2.08. The zero-order chi connectivity index (χ0) is 15.6. The van der Waals surface area contributed by atoms with Gasteiger partial charge in [0.1, 0.15) is 12.0 Å². The van der Waals surface area contributed by atoms with Gasteiger partial charge >= 0.3 is 6.03 Å². The number of rotatable bonds is 4. The maximum absolute atomic E-state index is 12.1. The van der Waals surface area contributed by atoms with Crippen LogP contribution in [-0.4, -0.2) is 54.3 Å². The Kier molecular flexibility index (Phi) is 4.47. The first-order valence-electron chi connectivity index (χ1n) is 6.81. The lowest BCUT2D eigenvalue weighted by Crippen LogP contribution is -2.59. The summed E-state index contributed by atoms with van der Waals surface area (Å²) in [5, 5.41) is 10.1. The van der Waals surface area contributed by atoms with Crippen molar-refractivity contribution in [2.24, 2.45) is 5.92 Å². The lowest BCUT2D eigenvalue weighted by molar-refractivity contribution is -0.146. The smallest absolute Gasteiger partial charge is 0.328 e. The number of amides is 3. The second-order valence-corrected chi connectivity index (χ2v) is 5.20. The highest BCUT2D eigenvalue weighted by Gasteiger charge is 2.41. The number of hydrogen-bond donors (Lipinski definition) is 1. The largest absolute Gasteiger partial charge is 0.497 e. The standard InChI is InChI=1S/C15H20N2O4/c1-16-13(18)12(14(19)17(2)15(16)20)9-6-10-4-7-11(21-3)8-5-10/h4-5,7-8,12-13,18H,6,9H2,1-3H3. The van der Waals surface area contributed by atoms with Crippen molar-refractivity contribution in [2.75, 3.05) is 21.2 Å². The minimum absolute atomic E-state index is 0.334. The topological polar surface area (TPSA) is 70.1 Å². The molecule has 0 radical (unpaired) electrons. The number of carbonyl (C=O) groups excluding carboxylic acids is 2. The molecule has 0 bridgehead atoms. The van der Waals surface area contributed by atoms with Crippen LogP contribution in [-0.2, 0) is 11.2 Å². The normalized spacial score (nSPS) is 22.7. The number of hydrogen-bond acceptors (Lipinski definition) is 4. The van der Waals surface area contributed by atoms with Crippen LogP contribution in [0.25, 0.3) is 0 Å². The molecule has 2 atom stereocenters. The van der Waals surface area contributed by atoms with Gasteiger partial charge in [0.15, 0.2) is 0 Å². The molecule has 1 N–H and O–H groups in total. The maximum Gasteiger partial charge on any atom is 0.328 e. The fourth-order valence-corrected chi connectivity index (χ4v) is 2.48. The summed E-state index contributed by atoms with van der Waals surface area (Å²) in [6, 6.07) is 7.09. The van der Waals surface area contributed by atoms with E-state index in [1.165, 1.54) is 19.0 Å². The Morgan fingerprint density at radius 3 is 2.38 bits per heavy atom. The van der Waals surface area contributed by atoms with Crippen LogP contribution in [0, 0.1) is 5.92 Å². The Morgan fingerprint density at radius 1 is 1.19 bits per heavy atom. The molecule has 6 heteroatoms. The van der Waals surface area contributed by atoms with Crippen LogP contribution in [0.15, 0.2) is 24.3 Å². The van der Waals surface area contributed by atoms with Crippen LogP contribution in [0.3, 0.4) is 0 Å². The van der Waals surface area contributed by atoms with Crippen molar-refractivity contribution in [3.8, 4) is 5.75 Å². The second kappa shape index (κ2) is 6.13. The minimum atomic E-state index is -1.07. The molecule has 1 aliphatic rings. The van der Waals surface area contributed by atoms with Gasteiger partial charge in [-0.25, -0.2) is 4.79 Å². The Labute approximate surface area is 123 Å². The van der Waals surface area contributed by atoms with Crippen LogP contribution < -0.4 is 4.74 Å². The maximum atomic E-state index is 12.1. The lowest BCUT2D eigenvalue weighted by atomic mass is 9.94. The van der Waals surface area contributed by atoms with Gasteiger partial charge in [0, 0.05) is 14.1 Å². The van der Waals surface area contributed by atoms with Crippen molar-refractivity contribution in [2.45, 2.75) is 19.1 Å². The van der Waals surface area contributed by atoms with Gasteiger partial charge in [0.05, 0.1) is 13.0 Å². The van der Waals surface area contributed by atoms with Gasteiger partial charge in [0.2, 0.25) is 5.91 Å². The molecule has 1 aromatic rings. The third-order valence-electron chi connectivity index (χ3n) is 3.90. The number of methoxy groups -OCH3 is 1. The van der Waals surface area contributed by atoms with Gasteiger partial charge < -0.3 is 14.7 Å². The van der Waals surface area contributed by atoms with Crippen LogP contribution in [0.4, 0.5) is 4.79 Å². The number of aryl methyl sites for hydroxylation is 1. The molecular formula is C15H20N2O4. The van der Waals surface area contributed by atoms with Crippen molar-refractivity contribution in [3.63, 3.8) is 0 Å².